The van der Waals surface area contributed by atoms with E-state index in [0.717, 1.165) is 57.7 Å². The highest BCUT2D eigenvalue weighted by Crippen LogP contribution is 2.34. The molecule has 1 saturated heterocycles. The molecule has 2 aliphatic rings. The van der Waals surface area contributed by atoms with Crippen molar-refractivity contribution in [2.24, 2.45) is 0 Å². The molecule has 0 spiro atoms. The number of nitrogens with zero attached hydrogens (tertiary/aromatic N) is 2. The predicted molar refractivity (Wildman–Crippen MR) is 123 cm³/mol. The van der Waals surface area contributed by atoms with Gasteiger partial charge in [0.15, 0.2) is 0 Å². The molecule has 0 bridgehead atoms. The quantitative estimate of drug-likeness (QED) is 0.499. The maximum absolute atomic E-state index is 13.0. The number of amides is 1. The largest absolute Gasteiger partial charge is 0.379 e. The summed E-state index contributed by atoms with van der Waals surface area (Å²) in [7, 11) is 0. The first-order chi connectivity index (χ1) is 15.6. The summed E-state index contributed by atoms with van der Waals surface area (Å²) in [5.41, 5.74) is 1.22. The van der Waals surface area contributed by atoms with E-state index in [9.17, 15) is 14.9 Å². The molecule has 1 heterocycles. The second kappa shape index (κ2) is 10.1. The standard InChI is InChI=1S/C24H30N4O4/c29-23(25-18-24(11-5-2-6-12-24)27-13-15-32-16-14-27)19-9-10-21(22(17-19)28(30)31)26-20-7-3-1-4-8-20/h1,3-4,7-10,17,26H,2,5-6,11-16,18H2,(H,25,29). The molecule has 2 fully saturated rings. The van der Waals surface area contributed by atoms with Crippen molar-refractivity contribution in [3.05, 3.63) is 64.2 Å². The van der Waals surface area contributed by atoms with Gasteiger partial charge in [-0.1, -0.05) is 37.5 Å². The Morgan fingerprint density at radius 3 is 2.47 bits per heavy atom. The summed E-state index contributed by atoms with van der Waals surface area (Å²) in [6, 6.07) is 13.8. The van der Waals surface area contributed by atoms with Gasteiger partial charge in [0, 0.05) is 42.5 Å². The van der Waals surface area contributed by atoms with Crippen LogP contribution in [0.4, 0.5) is 17.1 Å². The Balaban J connectivity index is 1.48. The van der Waals surface area contributed by atoms with E-state index < -0.39 is 4.92 Å². The molecule has 8 heteroatoms. The molecule has 2 aromatic rings. The van der Waals surface area contributed by atoms with Crippen LogP contribution in [0.3, 0.4) is 0 Å². The summed E-state index contributed by atoms with van der Waals surface area (Å²) in [6.07, 6.45) is 5.62. The average molecular weight is 439 g/mol. The predicted octanol–water partition coefficient (Wildman–Crippen LogP) is 4.10. The molecule has 1 saturated carbocycles. The Morgan fingerprint density at radius 1 is 1.06 bits per heavy atom. The van der Waals surface area contributed by atoms with Crippen molar-refractivity contribution in [3.63, 3.8) is 0 Å². The summed E-state index contributed by atoms with van der Waals surface area (Å²) < 4.78 is 5.52. The number of rotatable bonds is 7. The van der Waals surface area contributed by atoms with Crippen LogP contribution in [0.15, 0.2) is 48.5 Å². The number of hydrogen-bond donors (Lipinski definition) is 2. The Hall–Kier alpha value is -2.97. The number of nitrogens with one attached hydrogen (secondary N) is 2. The van der Waals surface area contributed by atoms with Gasteiger partial charge in [-0.25, -0.2) is 0 Å². The highest BCUT2D eigenvalue weighted by molar-refractivity contribution is 5.96. The van der Waals surface area contributed by atoms with Gasteiger partial charge >= 0.3 is 0 Å². The number of hydrogen-bond acceptors (Lipinski definition) is 6. The van der Waals surface area contributed by atoms with Gasteiger partial charge in [-0.15, -0.1) is 0 Å². The van der Waals surface area contributed by atoms with E-state index in [2.05, 4.69) is 15.5 Å². The minimum absolute atomic E-state index is 0.0571. The molecule has 4 rings (SSSR count). The molecule has 1 amide bonds. The molecule has 1 aliphatic heterocycles. The van der Waals surface area contributed by atoms with E-state index >= 15 is 0 Å². The third-order valence-electron chi connectivity index (χ3n) is 6.55. The first kappa shape index (κ1) is 22.2. The molecule has 0 aromatic heterocycles. The summed E-state index contributed by atoms with van der Waals surface area (Å²) in [4.78, 5) is 26.6. The molecular formula is C24H30N4O4. The van der Waals surface area contributed by atoms with Gasteiger partial charge in [-0.05, 0) is 37.1 Å². The van der Waals surface area contributed by atoms with Crippen LogP contribution in [0, 0.1) is 10.1 Å². The zero-order chi connectivity index (χ0) is 22.4. The molecule has 1 aliphatic carbocycles. The lowest BCUT2D eigenvalue weighted by molar-refractivity contribution is -0.383. The zero-order valence-corrected chi connectivity index (χ0v) is 18.2. The van der Waals surface area contributed by atoms with E-state index in [1.54, 1.807) is 12.1 Å². The Kier molecular flexibility index (Phi) is 7.02. The van der Waals surface area contributed by atoms with Crippen molar-refractivity contribution < 1.29 is 14.5 Å². The van der Waals surface area contributed by atoms with Crippen LogP contribution in [0.25, 0.3) is 0 Å². The Labute approximate surface area is 188 Å². The lowest BCUT2D eigenvalue weighted by atomic mass is 9.79. The fourth-order valence-electron chi connectivity index (χ4n) is 4.81. The first-order valence-electron chi connectivity index (χ1n) is 11.3. The summed E-state index contributed by atoms with van der Waals surface area (Å²) in [6.45, 7) is 3.74. The van der Waals surface area contributed by atoms with E-state index in [0.29, 0.717) is 17.8 Å². The minimum Gasteiger partial charge on any atom is -0.379 e. The normalized spacial score (nSPS) is 18.6. The van der Waals surface area contributed by atoms with Gasteiger partial charge in [0.1, 0.15) is 5.69 Å². The fraction of sp³-hybridized carbons (Fsp3) is 0.458. The van der Waals surface area contributed by atoms with Crippen LogP contribution in [-0.4, -0.2) is 54.1 Å². The van der Waals surface area contributed by atoms with Crippen LogP contribution >= 0.6 is 0 Å². The molecule has 2 N–H and O–H groups in total. The highest BCUT2D eigenvalue weighted by Gasteiger charge is 2.39. The van der Waals surface area contributed by atoms with E-state index in [1.807, 2.05) is 30.3 Å². The number of ether oxygens (including phenoxy) is 1. The van der Waals surface area contributed by atoms with Crippen molar-refractivity contribution in [3.8, 4) is 0 Å². The van der Waals surface area contributed by atoms with E-state index in [1.165, 1.54) is 12.5 Å². The van der Waals surface area contributed by atoms with E-state index in [4.69, 9.17) is 4.74 Å². The molecule has 0 unspecified atom stereocenters. The Bertz CT molecular complexity index is 938. The maximum Gasteiger partial charge on any atom is 0.293 e. The van der Waals surface area contributed by atoms with Crippen molar-refractivity contribution in [2.45, 2.75) is 37.6 Å². The lowest BCUT2D eigenvalue weighted by Crippen LogP contribution is -2.59. The maximum atomic E-state index is 13.0. The highest BCUT2D eigenvalue weighted by atomic mass is 16.6. The van der Waals surface area contributed by atoms with Crippen molar-refractivity contribution in [1.29, 1.82) is 0 Å². The third kappa shape index (κ3) is 5.08. The summed E-state index contributed by atoms with van der Waals surface area (Å²) >= 11 is 0. The van der Waals surface area contributed by atoms with Gasteiger partial charge in [0.2, 0.25) is 0 Å². The molecular weight excluding hydrogens is 408 g/mol. The fourth-order valence-corrected chi connectivity index (χ4v) is 4.81. The van der Waals surface area contributed by atoms with Crippen molar-refractivity contribution in [2.75, 3.05) is 38.2 Å². The molecule has 170 valence electrons. The first-order valence-corrected chi connectivity index (χ1v) is 11.3. The second-order valence-electron chi connectivity index (χ2n) is 8.55. The molecule has 2 aromatic carbocycles. The molecule has 0 radical (unpaired) electrons. The monoisotopic (exact) mass is 438 g/mol. The minimum atomic E-state index is -0.460. The molecule has 8 nitrogen and oxygen atoms in total. The van der Waals surface area contributed by atoms with Gasteiger partial charge < -0.3 is 15.4 Å². The number of nitro benzene ring substituents is 1. The van der Waals surface area contributed by atoms with Gasteiger partial charge in [0.05, 0.1) is 18.1 Å². The van der Waals surface area contributed by atoms with Crippen molar-refractivity contribution in [1.82, 2.24) is 10.2 Å². The number of nitro groups is 1. The molecule has 32 heavy (non-hydrogen) atoms. The number of anilines is 2. The number of carbonyl (C=O) groups is 1. The van der Waals surface area contributed by atoms with Gasteiger partial charge in [0.25, 0.3) is 11.6 Å². The van der Waals surface area contributed by atoms with E-state index in [-0.39, 0.29) is 17.1 Å². The summed E-state index contributed by atoms with van der Waals surface area (Å²) in [5.74, 6) is -0.280. The van der Waals surface area contributed by atoms with Crippen LogP contribution in [-0.2, 0) is 4.74 Å². The third-order valence-corrected chi connectivity index (χ3v) is 6.55. The number of para-hydroxylation sites is 1. The average Bonchev–Trinajstić information content (AvgIpc) is 2.84. The SMILES string of the molecule is O=C(NCC1(N2CCOCC2)CCCCC1)c1ccc(Nc2ccccc2)c([N+](=O)[O-])c1. The smallest absolute Gasteiger partial charge is 0.293 e. The van der Waals surface area contributed by atoms with Crippen LogP contribution < -0.4 is 10.6 Å². The topological polar surface area (TPSA) is 96.7 Å². The van der Waals surface area contributed by atoms with Gasteiger partial charge in [-0.2, -0.15) is 0 Å². The van der Waals surface area contributed by atoms with Gasteiger partial charge in [-0.3, -0.25) is 19.8 Å². The number of benzene rings is 2. The zero-order valence-electron chi connectivity index (χ0n) is 18.2. The van der Waals surface area contributed by atoms with Crippen molar-refractivity contribution >= 4 is 23.0 Å². The van der Waals surface area contributed by atoms with Crippen LogP contribution in [0.2, 0.25) is 0 Å². The lowest BCUT2D eigenvalue weighted by Gasteiger charge is -2.48. The van der Waals surface area contributed by atoms with Crippen LogP contribution in [0.1, 0.15) is 42.5 Å². The summed E-state index contributed by atoms with van der Waals surface area (Å²) in [5, 5.41) is 17.8. The Morgan fingerprint density at radius 2 is 1.78 bits per heavy atom. The molecule has 0 atom stereocenters. The van der Waals surface area contributed by atoms with Crippen LogP contribution in [0.5, 0.6) is 0 Å². The number of morpholine rings is 1. The second-order valence-corrected chi connectivity index (χ2v) is 8.55. The number of carbonyl (C=O) groups excluding carboxylic acids is 1.